The molecule has 1 fully saturated rings. The topological polar surface area (TPSA) is 67.3 Å². The van der Waals surface area contributed by atoms with Crippen LogP contribution in [0.4, 0.5) is 0 Å². The van der Waals surface area contributed by atoms with Crippen LogP contribution in [-0.2, 0) is 16.3 Å². The molecule has 1 saturated heterocycles. The summed E-state index contributed by atoms with van der Waals surface area (Å²) in [6.07, 6.45) is 0.395. The van der Waals surface area contributed by atoms with Gasteiger partial charge in [-0.2, -0.15) is 0 Å². The molecule has 4 nitrogen and oxygen atoms in total. The Morgan fingerprint density at radius 1 is 1.42 bits per heavy atom. The molecule has 0 amide bonds. The maximum Gasteiger partial charge on any atom is 0.150 e. The molecule has 2 aromatic rings. The molecule has 102 valence electrons. The molecule has 1 aromatic carbocycles. The van der Waals surface area contributed by atoms with E-state index in [1.165, 1.54) is 0 Å². The number of para-hydroxylation sites is 1. The molecule has 2 unspecified atom stereocenters. The summed E-state index contributed by atoms with van der Waals surface area (Å²) in [7, 11) is -2.93. The van der Waals surface area contributed by atoms with Crippen LogP contribution in [0.1, 0.15) is 11.4 Å². The minimum atomic E-state index is -2.93. The van der Waals surface area contributed by atoms with E-state index >= 15 is 0 Å². The molecule has 1 aliphatic rings. The number of fused-ring (bicyclic) bond motifs is 1. The highest BCUT2D eigenvalue weighted by atomic mass is 32.2. The third-order valence-corrected chi connectivity index (χ3v) is 6.39. The van der Waals surface area contributed by atoms with Crippen LogP contribution >= 0.6 is 11.3 Å². The van der Waals surface area contributed by atoms with Gasteiger partial charge < -0.3 is 5.11 Å². The Bertz CT molecular complexity index is 660. The van der Waals surface area contributed by atoms with Gasteiger partial charge >= 0.3 is 0 Å². The van der Waals surface area contributed by atoms with E-state index in [1.807, 2.05) is 24.3 Å². The first-order valence-electron chi connectivity index (χ1n) is 6.26. The standard InChI is InChI=1S/C13H15NO3S2/c15-11(9-5-6-19(16,17)8-9)7-13-14-10-3-1-2-4-12(10)18-13/h1-4,9,11,15H,5-8H2. The van der Waals surface area contributed by atoms with Gasteiger partial charge in [0, 0.05) is 12.3 Å². The van der Waals surface area contributed by atoms with Crippen LogP contribution in [0, 0.1) is 5.92 Å². The fourth-order valence-corrected chi connectivity index (χ4v) is 5.37. The fraction of sp³-hybridized carbons (Fsp3) is 0.462. The Labute approximate surface area is 116 Å². The van der Waals surface area contributed by atoms with Crippen LogP contribution in [0.2, 0.25) is 0 Å². The monoisotopic (exact) mass is 297 g/mol. The largest absolute Gasteiger partial charge is 0.392 e. The molecule has 2 heterocycles. The summed E-state index contributed by atoms with van der Waals surface area (Å²) in [5.41, 5.74) is 0.939. The lowest BCUT2D eigenvalue weighted by Crippen LogP contribution is -2.23. The molecule has 6 heteroatoms. The lowest BCUT2D eigenvalue weighted by atomic mass is 10.00. The fourth-order valence-electron chi connectivity index (χ4n) is 2.48. The molecule has 1 N–H and O–H groups in total. The van der Waals surface area contributed by atoms with Gasteiger partial charge in [-0.15, -0.1) is 11.3 Å². The van der Waals surface area contributed by atoms with Gasteiger partial charge in [0.05, 0.1) is 32.8 Å². The third kappa shape index (κ3) is 2.80. The van der Waals surface area contributed by atoms with E-state index in [2.05, 4.69) is 4.98 Å². The van der Waals surface area contributed by atoms with Crippen LogP contribution < -0.4 is 0 Å². The van der Waals surface area contributed by atoms with Crippen molar-refractivity contribution >= 4 is 31.4 Å². The number of aliphatic hydroxyl groups excluding tert-OH is 1. The van der Waals surface area contributed by atoms with Gasteiger partial charge in [-0.1, -0.05) is 12.1 Å². The van der Waals surface area contributed by atoms with Crippen LogP contribution in [0.15, 0.2) is 24.3 Å². The van der Waals surface area contributed by atoms with E-state index in [0.29, 0.717) is 12.8 Å². The van der Waals surface area contributed by atoms with Gasteiger partial charge in [-0.25, -0.2) is 13.4 Å². The van der Waals surface area contributed by atoms with Crippen LogP contribution in [0.3, 0.4) is 0 Å². The summed E-state index contributed by atoms with van der Waals surface area (Å²) < 4.78 is 23.9. The second-order valence-corrected chi connectivity index (χ2v) is 8.35. The Kier molecular flexibility index (Phi) is 3.32. The Morgan fingerprint density at radius 2 is 2.21 bits per heavy atom. The van der Waals surface area contributed by atoms with Crippen LogP contribution in [0.25, 0.3) is 10.2 Å². The van der Waals surface area contributed by atoms with Gasteiger partial charge in [0.25, 0.3) is 0 Å². The van der Waals surface area contributed by atoms with E-state index in [9.17, 15) is 13.5 Å². The number of hydrogen-bond donors (Lipinski definition) is 1. The van der Waals surface area contributed by atoms with E-state index < -0.39 is 15.9 Å². The summed E-state index contributed by atoms with van der Waals surface area (Å²) in [6.45, 7) is 0. The molecule has 19 heavy (non-hydrogen) atoms. The second-order valence-electron chi connectivity index (χ2n) is 5.01. The zero-order valence-electron chi connectivity index (χ0n) is 10.3. The van der Waals surface area contributed by atoms with Crippen molar-refractivity contribution in [1.82, 2.24) is 4.98 Å². The van der Waals surface area contributed by atoms with Gasteiger partial charge in [-0.3, -0.25) is 0 Å². The molecule has 1 aliphatic heterocycles. The molecule has 3 rings (SSSR count). The van der Waals surface area contributed by atoms with Crippen molar-refractivity contribution in [3.63, 3.8) is 0 Å². The Hall–Kier alpha value is -0.980. The van der Waals surface area contributed by atoms with E-state index in [4.69, 9.17) is 0 Å². The van der Waals surface area contributed by atoms with Crippen LogP contribution in [-0.4, -0.2) is 36.1 Å². The lowest BCUT2D eigenvalue weighted by Gasteiger charge is -2.14. The van der Waals surface area contributed by atoms with Crippen molar-refractivity contribution in [3.8, 4) is 0 Å². The summed E-state index contributed by atoms with van der Waals surface area (Å²) in [5, 5.41) is 11.0. The van der Waals surface area contributed by atoms with Crippen molar-refractivity contribution in [2.75, 3.05) is 11.5 Å². The van der Waals surface area contributed by atoms with Crippen molar-refractivity contribution in [2.45, 2.75) is 18.9 Å². The molecular weight excluding hydrogens is 282 g/mol. The van der Waals surface area contributed by atoms with Crippen molar-refractivity contribution < 1.29 is 13.5 Å². The van der Waals surface area contributed by atoms with Crippen molar-refractivity contribution in [3.05, 3.63) is 29.3 Å². The maximum absolute atomic E-state index is 11.4. The average molecular weight is 297 g/mol. The molecule has 0 spiro atoms. The van der Waals surface area contributed by atoms with Crippen molar-refractivity contribution in [1.29, 1.82) is 0 Å². The Morgan fingerprint density at radius 3 is 2.89 bits per heavy atom. The van der Waals surface area contributed by atoms with Gasteiger partial charge in [-0.05, 0) is 18.6 Å². The molecule has 0 radical (unpaired) electrons. The number of aliphatic hydroxyl groups is 1. The lowest BCUT2D eigenvalue weighted by molar-refractivity contribution is 0.120. The summed E-state index contributed by atoms with van der Waals surface area (Å²) in [6, 6.07) is 7.85. The number of hydrogen-bond acceptors (Lipinski definition) is 5. The smallest absolute Gasteiger partial charge is 0.150 e. The SMILES string of the molecule is O=S1(=O)CCC(C(O)Cc2nc3ccccc3s2)C1. The first-order valence-corrected chi connectivity index (χ1v) is 8.90. The average Bonchev–Trinajstić information content (AvgIpc) is 2.91. The van der Waals surface area contributed by atoms with E-state index in [0.717, 1.165) is 15.2 Å². The highest BCUT2D eigenvalue weighted by Gasteiger charge is 2.33. The molecule has 2 atom stereocenters. The van der Waals surface area contributed by atoms with E-state index in [-0.39, 0.29) is 17.4 Å². The summed E-state index contributed by atoms with van der Waals surface area (Å²) in [4.78, 5) is 4.47. The van der Waals surface area contributed by atoms with Gasteiger partial charge in [0.15, 0.2) is 9.84 Å². The highest BCUT2D eigenvalue weighted by Crippen LogP contribution is 2.27. The number of aromatic nitrogens is 1. The third-order valence-electron chi connectivity index (χ3n) is 3.53. The Balaban J connectivity index is 1.74. The first-order chi connectivity index (χ1) is 9.03. The number of thiazole rings is 1. The number of sulfone groups is 1. The minimum absolute atomic E-state index is 0.110. The zero-order valence-corrected chi connectivity index (χ0v) is 12.0. The highest BCUT2D eigenvalue weighted by molar-refractivity contribution is 7.91. The predicted molar refractivity (Wildman–Crippen MR) is 76.1 cm³/mol. The van der Waals surface area contributed by atoms with E-state index in [1.54, 1.807) is 11.3 Å². The zero-order chi connectivity index (χ0) is 13.5. The van der Waals surface area contributed by atoms with Crippen LogP contribution in [0.5, 0.6) is 0 Å². The maximum atomic E-state index is 11.4. The molecule has 0 aliphatic carbocycles. The van der Waals surface area contributed by atoms with Gasteiger partial charge in [0.1, 0.15) is 0 Å². The molecular formula is C13H15NO3S2. The first kappa shape index (κ1) is 13.0. The summed E-state index contributed by atoms with van der Waals surface area (Å²) >= 11 is 1.56. The predicted octanol–water partition coefficient (Wildman–Crippen LogP) is 1.63. The minimum Gasteiger partial charge on any atom is -0.392 e. The second kappa shape index (κ2) is 4.85. The number of rotatable bonds is 3. The number of benzene rings is 1. The normalized spacial score (nSPS) is 23.7. The van der Waals surface area contributed by atoms with Crippen molar-refractivity contribution in [2.24, 2.45) is 5.92 Å². The van der Waals surface area contributed by atoms with Gasteiger partial charge in [0.2, 0.25) is 0 Å². The quantitative estimate of drug-likeness (QED) is 0.935. The molecule has 0 bridgehead atoms. The summed E-state index contributed by atoms with van der Waals surface area (Å²) in [5.74, 6) is 0.171. The molecule has 1 aromatic heterocycles. The molecule has 0 saturated carbocycles. The number of nitrogens with zero attached hydrogens (tertiary/aromatic N) is 1.